The summed E-state index contributed by atoms with van der Waals surface area (Å²) >= 11 is 0. The zero-order chi connectivity index (χ0) is 15.5. The number of aromatic nitrogens is 4. The molecular formula is C18H25N5. The number of hydrogen-bond donors (Lipinski definition) is 0. The summed E-state index contributed by atoms with van der Waals surface area (Å²) < 4.78 is 2.00. The molecule has 5 heteroatoms. The fourth-order valence-electron chi connectivity index (χ4n) is 4.21. The molecule has 2 aromatic rings. The van der Waals surface area contributed by atoms with Gasteiger partial charge in [-0.15, -0.1) is 0 Å². The van der Waals surface area contributed by atoms with Crippen molar-refractivity contribution in [2.75, 3.05) is 13.1 Å². The van der Waals surface area contributed by atoms with Crippen molar-refractivity contribution in [1.29, 1.82) is 0 Å². The third-order valence-electron chi connectivity index (χ3n) is 5.39. The number of piperidine rings is 1. The van der Waals surface area contributed by atoms with Crippen LogP contribution in [0.3, 0.4) is 0 Å². The van der Waals surface area contributed by atoms with Crippen molar-refractivity contribution < 1.29 is 0 Å². The zero-order valence-electron chi connectivity index (χ0n) is 13.6. The molecule has 1 atom stereocenters. The Morgan fingerprint density at radius 2 is 1.78 bits per heavy atom. The van der Waals surface area contributed by atoms with Crippen molar-refractivity contribution in [3.8, 4) is 5.69 Å². The molecule has 1 saturated carbocycles. The number of likely N-dealkylation sites (tertiary alicyclic amines) is 1. The van der Waals surface area contributed by atoms with Crippen LogP contribution in [0.15, 0.2) is 30.9 Å². The molecule has 1 saturated heterocycles. The number of rotatable bonds is 3. The summed E-state index contributed by atoms with van der Waals surface area (Å²) in [5.74, 6) is 1.60. The second-order valence-corrected chi connectivity index (χ2v) is 6.86. The maximum absolute atomic E-state index is 4.60. The summed E-state index contributed by atoms with van der Waals surface area (Å²) in [6, 6.07) is 4.80. The molecule has 1 aliphatic heterocycles. The van der Waals surface area contributed by atoms with Crippen LogP contribution in [0.1, 0.15) is 56.7 Å². The Kier molecular flexibility index (Phi) is 4.37. The molecule has 0 spiro atoms. The van der Waals surface area contributed by atoms with Gasteiger partial charge >= 0.3 is 0 Å². The van der Waals surface area contributed by atoms with Gasteiger partial charge in [-0.2, -0.15) is 5.10 Å². The van der Waals surface area contributed by atoms with E-state index in [0.717, 1.165) is 24.1 Å². The average molecular weight is 311 g/mol. The first-order valence-corrected chi connectivity index (χ1v) is 8.96. The lowest BCUT2D eigenvalue weighted by atomic mass is 9.90. The molecule has 0 bridgehead atoms. The van der Waals surface area contributed by atoms with Crippen molar-refractivity contribution in [3.05, 3.63) is 36.7 Å². The van der Waals surface area contributed by atoms with Crippen LogP contribution in [0.2, 0.25) is 0 Å². The van der Waals surface area contributed by atoms with Gasteiger partial charge in [0.1, 0.15) is 12.2 Å². The van der Waals surface area contributed by atoms with Crippen LogP contribution >= 0.6 is 0 Å². The van der Waals surface area contributed by atoms with Gasteiger partial charge in [-0.3, -0.25) is 9.88 Å². The smallest absolute Gasteiger partial charge is 0.138 e. The Hall–Kier alpha value is -1.75. The quantitative estimate of drug-likeness (QED) is 0.873. The zero-order valence-corrected chi connectivity index (χ0v) is 13.6. The lowest BCUT2D eigenvalue weighted by Crippen LogP contribution is -2.43. The molecular weight excluding hydrogens is 286 g/mol. The molecule has 2 fully saturated rings. The van der Waals surface area contributed by atoms with Gasteiger partial charge in [0.15, 0.2) is 0 Å². The van der Waals surface area contributed by atoms with Gasteiger partial charge in [-0.25, -0.2) is 9.67 Å². The number of pyridine rings is 1. The minimum atomic E-state index is 0.487. The maximum Gasteiger partial charge on any atom is 0.138 e. The summed E-state index contributed by atoms with van der Waals surface area (Å²) in [5.41, 5.74) is 1.06. The molecule has 0 unspecified atom stereocenters. The molecule has 0 aromatic carbocycles. The predicted molar refractivity (Wildman–Crippen MR) is 89.6 cm³/mol. The molecule has 0 amide bonds. The Labute approximate surface area is 137 Å². The first kappa shape index (κ1) is 14.8. The highest BCUT2D eigenvalue weighted by Crippen LogP contribution is 2.31. The normalized spacial score (nSPS) is 23.9. The third kappa shape index (κ3) is 3.15. The van der Waals surface area contributed by atoms with E-state index < -0.39 is 0 Å². The van der Waals surface area contributed by atoms with Gasteiger partial charge in [0.2, 0.25) is 0 Å². The summed E-state index contributed by atoms with van der Waals surface area (Å²) in [5, 5.41) is 4.46. The van der Waals surface area contributed by atoms with Gasteiger partial charge in [0.05, 0.1) is 5.69 Å². The molecule has 3 heterocycles. The second-order valence-electron chi connectivity index (χ2n) is 6.86. The Bertz CT molecular complexity index is 617. The first-order chi connectivity index (χ1) is 11.4. The highest BCUT2D eigenvalue weighted by molar-refractivity contribution is 5.29. The van der Waals surface area contributed by atoms with E-state index in [2.05, 4.69) is 20.0 Å². The van der Waals surface area contributed by atoms with Crippen LogP contribution in [-0.2, 0) is 0 Å². The minimum Gasteiger partial charge on any atom is -0.300 e. The van der Waals surface area contributed by atoms with Crippen molar-refractivity contribution in [1.82, 2.24) is 24.6 Å². The fraction of sp³-hybridized carbons (Fsp3) is 0.611. The van der Waals surface area contributed by atoms with Crippen LogP contribution in [-0.4, -0.2) is 43.8 Å². The lowest BCUT2D eigenvalue weighted by molar-refractivity contribution is 0.116. The Balaban J connectivity index is 1.53. The fourth-order valence-corrected chi connectivity index (χ4v) is 4.21. The molecule has 0 radical (unpaired) electrons. The molecule has 1 aliphatic carbocycles. The first-order valence-electron chi connectivity index (χ1n) is 8.96. The van der Waals surface area contributed by atoms with Gasteiger partial charge in [-0.1, -0.05) is 19.3 Å². The van der Waals surface area contributed by atoms with E-state index in [4.69, 9.17) is 0 Å². The van der Waals surface area contributed by atoms with Gasteiger partial charge in [-0.05, 0) is 44.4 Å². The van der Waals surface area contributed by atoms with Gasteiger partial charge in [0, 0.05) is 30.9 Å². The van der Waals surface area contributed by atoms with E-state index in [1.807, 2.05) is 29.2 Å². The maximum atomic E-state index is 4.60. The summed E-state index contributed by atoms with van der Waals surface area (Å²) in [6.07, 6.45) is 14.8. The van der Waals surface area contributed by atoms with Crippen LogP contribution in [0.4, 0.5) is 0 Å². The minimum absolute atomic E-state index is 0.487. The van der Waals surface area contributed by atoms with E-state index in [-0.39, 0.29) is 0 Å². The monoisotopic (exact) mass is 311 g/mol. The molecule has 2 aliphatic rings. The van der Waals surface area contributed by atoms with Crippen molar-refractivity contribution in [2.45, 2.75) is 56.9 Å². The van der Waals surface area contributed by atoms with Crippen LogP contribution in [0.25, 0.3) is 5.69 Å². The van der Waals surface area contributed by atoms with Crippen LogP contribution in [0, 0.1) is 0 Å². The summed E-state index contributed by atoms with van der Waals surface area (Å²) in [6.45, 7) is 2.39. The third-order valence-corrected chi connectivity index (χ3v) is 5.39. The SMILES string of the molecule is c1cc(-n2ncnc2[C@@H]2CCCN(C3CCCCC3)C2)ccn1. The second kappa shape index (κ2) is 6.79. The standard InChI is InChI=1S/C18H25N5/c1-2-6-16(7-3-1)22-12-4-5-15(13-22)18-20-14-21-23(18)17-8-10-19-11-9-17/h8-11,14-16H,1-7,12-13H2/t15-/m1/s1. The topological polar surface area (TPSA) is 46.8 Å². The van der Waals surface area contributed by atoms with Crippen molar-refractivity contribution in [2.24, 2.45) is 0 Å². The van der Waals surface area contributed by atoms with E-state index in [1.165, 1.54) is 51.5 Å². The molecule has 0 N–H and O–H groups in total. The van der Waals surface area contributed by atoms with E-state index in [1.54, 1.807) is 6.33 Å². The summed E-state index contributed by atoms with van der Waals surface area (Å²) in [4.78, 5) is 11.4. The molecule has 23 heavy (non-hydrogen) atoms. The average Bonchev–Trinajstić information content (AvgIpc) is 3.13. The molecule has 4 rings (SSSR count). The highest BCUT2D eigenvalue weighted by atomic mass is 15.3. The lowest BCUT2D eigenvalue weighted by Gasteiger charge is -2.39. The molecule has 5 nitrogen and oxygen atoms in total. The van der Waals surface area contributed by atoms with Crippen LogP contribution < -0.4 is 0 Å². The van der Waals surface area contributed by atoms with Crippen molar-refractivity contribution in [3.63, 3.8) is 0 Å². The number of nitrogens with zero attached hydrogens (tertiary/aromatic N) is 5. The van der Waals surface area contributed by atoms with Gasteiger partial charge < -0.3 is 0 Å². The molecule has 2 aromatic heterocycles. The van der Waals surface area contributed by atoms with Gasteiger partial charge in [0.25, 0.3) is 0 Å². The number of hydrogen-bond acceptors (Lipinski definition) is 4. The van der Waals surface area contributed by atoms with E-state index >= 15 is 0 Å². The predicted octanol–water partition coefficient (Wildman–Crippen LogP) is 3.17. The Morgan fingerprint density at radius 1 is 0.957 bits per heavy atom. The largest absolute Gasteiger partial charge is 0.300 e. The highest BCUT2D eigenvalue weighted by Gasteiger charge is 2.30. The summed E-state index contributed by atoms with van der Waals surface area (Å²) in [7, 11) is 0. The van der Waals surface area contributed by atoms with Crippen molar-refractivity contribution >= 4 is 0 Å². The Morgan fingerprint density at radius 3 is 2.61 bits per heavy atom. The molecule has 122 valence electrons. The van der Waals surface area contributed by atoms with Crippen LogP contribution in [0.5, 0.6) is 0 Å². The van der Waals surface area contributed by atoms with E-state index in [0.29, 0.717) is 5.92 Å². The van der Waals surface area contributed by atoms with E-state index in [9.17, 15) is 0 Å².